The van der Waals surface area contributed by atoms with Crippen molar-refractivity contribution in [1.82, 2.24) is 15.1 Å². The van der Waals surface area contributed by atoms with Crippen LogP contribution in [-0.2, 0) is 13.1 Å². The van der Waals surface area contributed by atoms with Gasteiger partial charge in [0.05, 0.1) is 18.4 Å². The summed E-state index contributed by atoms with van der Waals surface area (Å²) in [5.74, 6) is 0. The van der Waals surface area contributed by atoms with Crippen LogP contribution in [0.15, 0.2) is 19.4 Å². The third-order valence-corrected chi connectivity index (χ3v) is 2.22. The highest BCUT2D eigenvalue weighted by molar-refractivity contribution is 5.16. The topological polar surface area (TPSA) is 29.9 Å². The van der Waals surface area contributed by atoms with Gasteiger partial charge in [-0.25, -0.2) is 0 Å². The van der Waals surface area contributed by atoms with Crippen LogP contribution in [0.25, 0.3) is 0 Å². The fraction of sp³-hybridized carbons (Fsp3) is 0.583. The molecular formula is C12H23N3. The second-order valence-corrected chi connectivity index (χ2v) is 3.24. The lowest BCUT2D eigenvalue weighted by Crippen LogP contribution is -2.36. The summed E-state index contributed by atoms with van der Waals surface area (Å²) in [6, 6.07) is 0.557. The lowest BCUT2D eigenvalue weighted by molar-refractivity contribution is 0.388. The van der Waals surface area contributed by atoms with Crippen molar-refractivity contribution in [1.29, 1.82) is 0 Å². The Kier molecular flexibility index (Phi) is 6.71. The summed E-state index contributed by atoms with van der Waals surface area (Å²) in [5.41, 5.74) is 2.63. The van der Waals surface area contributed by atoms with Crippen LogP contribution in [0.3, 0.4) is 0 Å². The summed E-state index contributed by atoms with van der Waals surface area (Å²) in [4.78, 5) is 0. The van der Waals surface area contributed by atoms with Gasteiger partial charge < -0.3 is 5.32 Å². The fourth-order valence-electron chi connectivity index (χ4n) is 1.49. The maximum absolute atomic E-state index is 4.28. The minimum Gasteiger partial charge on any atom is -0.307 e. The molecule has 2 rings (SSSR count). The van der Waals surface area contributed by atoms with Crippen molar-refractivity contribution in [2.75, 3.05) is 0 Å². The fourth-order valence-corrected chi connectivity index (χ4v) is 1.49. The van der Waals surface area contributed by atoms with Crippen molar-refractivity contribution in [3.63, 3.8) is 0 Å². The highest BCUT2D eigenvalue weighted by Crippen LogP contribution is 2.11. The van der Waals surface area contributed by atoms with E-state index in [1.54, 1.807) is 0 Å². The van der Waals surface area contributed by atoms with E-state index in [1.807, 2.05) is 20.0 Å². The average Bonchev–Trinajstić information content (AvgIpc) is 2.65. The Balaban J connectivity index is 0.000000442. The van der Waals surface area contributed by atoms with Crippen molar-refractivity contribution in [3.05, 3.63) is 30.6 Å². The molecule has 3 heteroatoms. The first-order valence-corrected chi connectivity index (χ1v) is 5.52. The van der Waals surface area contributed by atoms with Gasteiger partial charge in [-0.3, -0.25) is 4.68 Å². The van der Waals surface area contributed by atoms with Gasteiger partial charge in [0.1, 0.15) is 0 Å². The van der Waals surface area contributed by atoms with Crippen molar-refractivity contribution >= 4 is 0 Å². The monoisotopic (exact) mass is 209 g/mol. The van der Waals surface area contributed by atoms with Gasteiger partial charge in [-0.15, -0.1) is 13.2 Å². The predicted octanol–water partition coefficient (Wildman–Crippen LogP) is 2.51. The lowest BCUT2D eigenvalue weighted by Gasteiger charge is -2.21. The van der Waals surface area contributed by atoms with Crippen molar-refractivity contribution in [2.45, 2.75) is 46.8 Å². The number of hydrogen-bond acceptors (Lipinski definition) is 2. The molecule has 0 amide bonds. The van der Waals surface area contributed by atoms with Crippen LogP contribution in [0, 0.1) is 6.92 Å². The van der Waals surface area contributed by atoms with Crippen LogP contribution in [0.5, 0.6) is 0 Å². The van der Waals surface area contributed by atoms with Crippen molar-refractivity contribution in [2.24, 2.45) is 0 Å². The van der Waals surface area contributed by atoms with E-state index in [-0.39, 0.29) is 0 Å². The van der Waals surface area contributed by atoms with E-state index in [2.05, 4.69) is 42.1 Å². The molecule has 0 radical (unpaired) electrons. The summed E-state index contributed by atoms with van der Waals surface area (Å²) < 4.78 is 2.09. The zero-order valence-corrected chi connectivity index (χ0v) is 10.4. The normalized spacial score (nSPS) is 17.7. The van der Waals surface area contributed by atoms with E-state index in [0.717, 1.165) is 13.1 Å². The third-order valence-electron chi connectivity index (χ3n) is 2.22. The number of aromatic nitrogens is 2. The van der Waals surface area contributed by atoms with Crippen LogP contribution in [0.4, 0.5) is 0 Å². The predicted molar refractivity (Wildman–Crippen MR) is 65.9 cm³/mol. The summed E-state index contributed by atoms with van der Waals surface area (Å²) in [6.45, 7) is 16.3. The molecule has 86 valence electrons. The minimum absolute atomic E-state index is 0.557. The zero-order valence-electron chi connectivity index (χ0n) is 10.4. The van der Waals surface area contributed by atoms with Gasteiger partial charge in [-0.1, -0.05) is 13.8 Å². The Morgan fingerprint density at radius 2 is 2.07 bits per heavy atom. The smallest absolute Gasteiger partial charge is 0.0563 e. The van der Waals surface area contributed by atoms with Gasteiger partial charge in [0.25, 0.3) is 0 Å². The first kappa shape index (κ1) is 13.9. The van der Waals surface area contributed by atoms with Crippen LogP contribution in [0.1, 0.15) is 32.0 Å². The molecule has 0 spiro atoms. The van der Waals surface area contributed by atoms with E-state index in [9.17, 15) is 0 Å². The molecule has 1 aliphatic heterocycles. The summed E-state index contributed by atoms with van der Waals surface area (Å²) in [5, 5.41) is 7.69. The number of aryl methyl sites for hydroxylation is 1. The van der Waals surface area contributed by atoms with E-state index in [0.29, 0.717) is 6.04 Å². The standard InChI is InChI=1S/C8H13N3.C2H6.C2H4/c1-6-3-10-11-5-7(2)9-4-8(6)11;2*1-2/h3,7,9H,4-5H2,1-2H3;1-2H3;1-2H2/t7-;;/m0../s1. The van der Waals surface area contributed by atoms with Gasteiger partial charge in [0.15, 0.2) is 0 Å². The van der Waals surface area contributed by atoms with Crippen molar-refractivity contribution < 1.29 is 0 Å². The van der Waals surface area contributed by atoms with E-state index < -0.39 is 0 Å². The second kappa shape index (κ2) is 7.23. The molecule has 0 aromatic carbocycles. The molecule has 1 aromatic heterocycles. The summed E-state index contributed by atoms with van der Waals surface area (Å²) in [7, 11) is 0. The second-order valence-electron chi connectivity index (χ2n) is 3.24. The molecule has 15 heavy (non-hydrogen) atoms. The average molecular weight is 209 g/mol. The third kappa shape index (κ3) is 3.51. The number of fused-ring (bicyclic) bond motifs is 1. The molecule has 0 bridgehead atoms. The quantitative estimate of drug-likeness (QED) is 0.665. The van der Waals surface area contributed by atoms with Crippen LogP contribution >= 0.6 is 0 Å². The Hall–Kier alpha value is -1.09. The molecule has 1 atom stereocenters. The summed E-state index contributed by atoms with van der Waals surface area (Å²) >= 11 is 0. The molecule has 1 aliphatic rings. The molecule has 0 saturated heterocycles. The number of nitrogens with zero attached hydrogens (tertiary/aromatic N) is 2. The maximum Gasteiger partial charge on any atom is 0.0563 e. The lowest BCUT2D eigenvalue weighted by atomic mass is 10.2. The Labute approximate surface area is 93.2 Å². The van der Waals surface area contributed by atoms with Gasteiger partial charge in [0, 0.05) is 12.6 Å². The minimum atomic E-state index is 0.557. The van der Waals surface area contributed by atoms with Gasteiger partial charge in [-0.05, 0) is 19.4 Å². The highest BCUT2D eigenvalue weighted by Gasteiger charge is 2.15. The first-order valence-electron chi connectivity index (χ1n) is 5.52. The van der Waals surface area contributed by atoms with Crippen LogP contribution < -0.4 is 5.32 Å². The SMILES string of the molecule is C=C.CC.Cc1cnn2c1CN[C@@H](C)C2. The van der Waals surface area contributed by atoms with E-state index >= 15 is 0 Å². The van der Waals surface area contributed by atoms with Crippen LogP contribution in [0.2, 0.25) is 0 Å². The molecule has 0 unspecified atom stereocenters. The Morgan fingerprint density at radius 1 is 1.47 bits per heavy atom. The molecule has 2 heterocycles. The molecular weight excluding hydrogens is 186 g/mol. The largest absolute Gasteiger partial charge is 0.307 e. The van der Waals surface area contributed by atoms with E-state index in [4.69, 9.17) is 0 Å². The van der Waals surface area contributed by atoms with Crippen LogP contribution in [-0.4, -0.2) is 15.8 Å². The molecule has 1 aromatic rings. The van der Waals surface area contributed by atoms with E-state index in [1.165, 1.54) is 11.3 Å². The van der Waals surface area contributed by atoms with Gasteiger partial charge in [0.2, 0.25) is 0 Å². The first-order chi connectivity index (χ1) is 7.27. The Morgan fingerprint density at radius 3 is 2.67 bits per heavy atom. The van der Waals surface area contributed by atoms with Gasteiger partial charge >= 0.3 is 0 Å². The zero-order chi connectivity index (χ0) is 11.8. The molecule has 0 saturated carbocycles. The van der Waals surface area contributed by atoms with Crippen molar-refractivity contribution in [3.8, 4) is 0 Å². The number of hydrogen-bond donors (Lipinski definition) is 1. The molecule has 1 N–H and O–H groups in total. The number of rotatable bonds is 0. The summed E-state index contributed by atoms with van der Waals surface area (Å²) in [6.07, 6.45) is 1.94. The molecule has 3 nitrogen and oxygen atoms in total. The molecule has 0 fully saturated rings. The number of nitrogens with one attached hydrogen (secondary N) is 1. The Bertz CT molecular complexity index is 278. The molecule has 0 aliphatic carbocycles. The highest BCUT2D eigenvalue weighted by atomic mass is 15.3. The maximum atomic E-state index is 4.28. The van der Waals surface area contributed by atoms with Gasteiger partial charge in [-0.2, -0.15) is 5.10 Å².